The zero-order valence-corrected chi connectivity index (χ0v) is 16.1. The third-order valence-corrected chi connectivity index (χ3v) is 4.87. The molecule has 0 fully saturated rings. The first kappa shape index (κ1) is 18.2. The predicted octanol–water partition coefficient (Wildman–Crippen LogP) is 4.11. The van der Waals surface area contributed by atoms with Crippen molar-refractivity contribution < 1.29 is 18.7 Å². The summed E-state index contributed by atoms with van der Waals surface area (Å²) in [5.74, 6) is 1.60. The first-order valence-corrected chi connectivity index (χ1v) is 8.96. The summed E-state index contributed by atoms with van der Waals surface area (Å²) in [6, 6.07) is 10.5. The van der Waals surface area contributed by atoms with Gasteiger partial charge in [0.2, 0.25) is 0 Å². The van der Waals surface area contributed by atoms with E-state index in [1.165, 1.54) is 0 Å². The topological polar surface area (TPSA) is 76.8 Å². The number of anilines is 1. The molecule has 0 spiro atoms. The highest BCUT2D eigenvalue weighted by Gasteiger charge is 2.39. The molecule has 1 unspecified atom stereocenters. The van der Waals surface area contributed by atoms with Crippen molar-refractivity contribution in [2.24, 2.45) is 0 Å². The third-order valence-electron chi connectivity index (χ3n) is 4.57. The maximum absolute atomic E-state index is 13.0. The number of carbonyl (C=O) groups is 1. The Kier molecular flexibility index (Phi) is 4.83. The molecule has 2 aromatic heterocycles. The molecule has 28 heavy (non-hydrogen) atoms. The molecule has 1 N–H and O–H groups in total. The Labute approximate surface area is 166 Å². The number of rotatable bonds is 6. The Morgan fingerprint density at radius 3 is 2.82 bits per heavy atom. The number of amides is 1. The molecule has 144 valence electrons. The highest BCUT2D eigenvalue weighted by molar-refractivity contribution is 6.33. The number of nitrogens with zero attached hydrogens (tertiary/aromatic N) is 2. The van der Waals surface area contributed by atoms with Gasteiger partial charge in [0, 0.05) is 18.3 Å². The molecule has 0 saturated carbocycles. The molecule has 0 aliphatic carbocycles. The molecular weight excluding hydrogens is 382 g/mol. The Bertz CT molecular complexity index is 1010. The standard InChI is InChI=1S/C20H18ClN3O4/c1-26-13-9-15(21)18(16(10-13)27-2)23-19-17-14(6-3-7-22-17)20(25)24(19)11-12-5-4-8-28-12/h3-10,19,23H,11H2,1-2H3. The number of fused-ring (bicyclic) bond motifs is 1. The van der Waals surface area contributed by atoms with Crippen molar-refractivity contribution in [3.05, 3.63) is 70.9 Å². The average molecular weight is 400 g/mol. The Balaban J connectivity index is 1.74. The molecule has 1 aromatic carbocycles. The molecule has 1 aliphatic heterocycles. The van der Waals surface area contributed by atoms with E-state index in [2.05, 4.69) is 10.3 Å². The minimum atomic E-state index is -0.534. The van der Waals surface area contributed by atoms with Gasteiger partial charge in [-0.25, -0.2) is 0 Å². The summed E-state index contributed by atoms with van der Waals surface area (Å²) < 4.78 is 16.1. The molecule has 1 aliphatic rings. The number of methoxy groups -OCH3 is 2. The number of halogens is 1. The van der Waals surface area contributed by atoms with Crippen LogP contribution in [0.2, 0.25) is 5.02 Å². The normalized spacial score (nSPS) is 15.5. The number of carbonyl (C=O) groups excluding carboxylic acids is 1. The van der Waals surface area contributed by atoms with Gasteiger partial charge in [0.15, 0.2) is 0 Å². The van der Waals surface area contributed by atoms with E-state index < -0.39 is 6.17 Å². The van der Waals surface area contributed by atoms with Gasteiger partial charge >= 0.3 is 0 Å². The molecule has 7 nitrogen and oxygen atoms in total. The van der Waals surface area contributed by atoms with Crippen molar-refractivity contribution in [3.8, 4) is 11.5 Å². The second-order valence-electron chi connectivity index (χ2n) is 6.18. The maximum atomic E-state index is 13.0. The molecular formula is C20H18ClN3O4. The van der Waals surface area contributed by atoms with E-state index in [4.69, 9.17) is 25.5 Å². The van der Waals surface area contributed by atoms with E-state index in [1.807, 2.05) is 6.07 Å². The maximum Gasteiger partial charge on any atom is 0.258 e. The van der Waals surface area contributed by atoms with E-state index in [1.54, 1.807) is 61.9 Å². The van der Waals surface area contributed by atoms with Crippen molar-refractivity contribution in [1.82, 2.24) is 9.88 Å². The van der Waals surface area contributed by atoms with Crippen molar-refractivity contribution >= 4 is 23.2 Å². The summed E-state index contributed by atoms with van der Waals surface area (Å²) in [7, 11) is 3.10. The molecule has 1 atom stereocenters. The fraction of sp³-hybridized carbons (Fsp3) is 0.200. The summed E-state index contributed by atoms with van der Waals surface area (Å²) >= 11 is 6.46. The number of ether oxygens (including phenoxy) is 2. The fourth-order valence-electron chi connectivity index (χ4n) is 3.23. The molecule has 3 heterocycles. The number of aromatic nitrogens is 1. The summed E-state index contributed by atoms with van der Waals surface area (Å²) in [6.07, 6.45) is 2.70. The van der Waals surface area contributed by atoms with E-state index in [9.17, 15) is 4.79 Å². The van der Waals surface area contributed by atoms with Crippen LogP contribution in [-0.4, -0.2) is 30.0 Å². The molecule has 0 radical (unpaired) electrons. The van der Waals surface area contributed by atoms with Crippen molar-refractivity contribution in [2.75, 3.05) is 19.5 Å². The number of benzene rings is 1. The van der Waals surface area contributed by atoms with Crippen LogP contribution in [0.4, 0.5) is 5.69 Å². The second-order valence-corrected chi connectivity index (χ2v) is 6.59. The Morgan fingerprint density at radius 1 is 1.25 bits per heavy atom. The zero-order valence-electron chi connectivity index (χ0n) is 15.3. The van der Waals surface area contributed by atoms with Gasteiger partial charge in [-0.3, -0.25) is 9.78 Å². The summed E-state index contributed by atoms with van der Waals surface area (Å²) in [6.45, 7) is 0.288. The van der Waals surface area contributed by atoms with Crippen LogP contribution in [0.15, 0.2) is 53.3 Å². The van der Waals surface area contributed by atoms with Crippen LogP contribution >= 0.6 is 11.6 Å². The van der Waals surface area contributed by atoms with Crippen LogP contribution in [0.5, 0.6) is 11.5 Å². The van der Waals surface area contributed by atoms with Crippen LogP contribution in [0.1, 0.15) is 28.0 Å². The molecule has 0 bridgehead atoms. The minimum Gasteiger partial charge on any atom is -0.497 e. The summed E-state index contributed by atoms with van der Waals surface area (Å²) in [5, 5.41) is 3.73. The number of furan rings is 1. The number of hydrogen-bond donors (Lipinski definition) is 1. The average Bonchev–Trinajstić information content (AvgIpc) is 3.32. The SMILES string of the molecule is COc1cc(Cl)c(NC2c3ncccc3C(=O)N2Cc2ccco2)c(OC)c1. The third kappa shape index (κ3) is 3.14. The molecule has 8 heteroatoms. The van der Waals surface area contributed by atoms with Gasteiger partial charge in [-0.2, -0.15) is 0 Å². The lowest BCUT2D eigenvalue weighted by Crippen LogP contribution is -2.32. The van der Waals surface area contributed by atoms with Gasteiger partial charge in [0.25, 0.3) is 5.91 Å². The van der Waals surface area contributed by atoms with Crippen molar-refractivity contribution in [1.29, 1.82) is 0 Å². The summed E-state index contributed by atoms with van der Waals surface area (Å²) in [4.78, 5) is 19.1. The second kappa shape index (κ2) is 7.44. The first-order valence-electron chi connectivity index (χ1n) is 8.58. The van der Waals surface area contributed by atoms with Gasteiger partial charge in [-0.1, -0.05) is 11.6 Å². The van der Waals surface area contributed by atoms with Gasteiger partial charge in [0.05, 0.1) is 49.0 Å². The molecule has 0 saturated heterocycles. The monoisotopic (exact) mass is 399 g/mol. The fourth-order valence-corrected chi connectivity index (χ4v) is 3.48. The highest BCUT2D eigenvalue weighted by atomic mass is 35.5. The smallest absolute Gasteiger partial charge is 0.258 e. The minimum absolute atomic E-state index is 0.138. The van der Waals surface area contributed by atoms with Gasteiger partial charge in [-0.15, -0.1) is 0 Å². The number of nitrogens with one attached hydrogen (secondary N) is 1. The van der Waals surface area contributed by atoms with E-state index in [0.29, 0.717) is 39.2 Å². The zero-order chi connectivity index (χ0) is 19.7. The summed E-state index contributed by atoms with van der Waals surface area (Å²) in [5.41, 5.74) is 1.70. The van der Waals surface area contributed by atoms with Gasteiger partial charge in [-0.05, 0) is 24.3 Å². The van der Waals surface area contributed by atoms with Crippen LogP contribution in [0.25, 0.3) is 0 Å². The predicted molar refractivity (Wildman–Crippen MR) is 104 cm³/mol. The van der Waals surface area contributed by atoms with Crippen molar-refractivity contribution in [3.63, 3.8) is 0 Å². The number of pyridine rings is 1. The molecule has 3 aromatic rings. The van der Waals surface area contributed by atoms with Crippen molar-refractivity contribution in [2.45, 2.75) is 12.7 Å². The van der Waals surface area contributed by atoms with Gasteiger partial charge < -0.3 is 24.1 Å². The van der Waals surface area contributed by atoms with Crippen LogP contribution in [0.3, 0.4) is 0 Å². The van der Waals surface area contributed by atoms with E-state index in [0.717, 1.165) is 0 Å². The van der Waals surface area contributed by atoms with Crippen LogP contribution in [-0.2, 0) is 6.54 Å². The lowest BCUT2D eigenvalue weighted by molar-refractivity contribution is 0.0714. The van der Waals surface area contributed by atoms with Crippen LogP contribution < -0.4 is 14.8 Å². The molecule has 4 rings (SSSR count). The molecule has 1 amide bonds. The Morgan fingerprint density at radius 2 is 2.11 bits per heavy atom. The quantitative estimate of drug-likeness (QED) is 0.672. The van der Waals surface area contributed by atoms with E-state index >= 15 is 0 Å². The highest BCUT2D eigenvalue weighted by Crippen LogP contribution is 2.41. The van der Waals surface area contributed by atoms with E-state index in [-0.39, 0.29) is 12.5 Å². The lowest BCUT2D eigenvalue weighted by atomic mass is 10.2. The first-order chi connectivity index (χ1) is 13.6. The van der Waals surface area contributed by atoms with Crippen LogP contribution in [0, 0.1) is 0 Å². The Hall–Kier alpha value is -3.19. The largest absolute Gasteiger partial charge is 0.497 e. The lowest BCUT2D eigenvalue weighted by Gasteiger charge is -2.27. The van der Waals surface area contributed by atoms with Gasteiger partial charge in [0.1, 0.15) is 23.4 Å². The number of hydrogen-bond acceptors (Lipinski definition) is 6.